The van der Waals surface area contributed by atoms with Crippen LogP contribution in [-0.2, 0) is 23.8 Å². The topological polar surface area (TPSA) is 218 Å². The van der Waals surface area contributed by atoms with E-state index in [0.717, 1.165) is 6.26 Å². The maximum absolute atomic E-state index is 14.0. The zero-order valence-corrected chi connectivity index (χ0v) is 30.6. The summed E-state index contributed by atoms with van der Waals surface area (Å²) in [6.07, 6.45) is 3.41. The molecule has 5 rings (SSSR count). The van der Waals surface area contributed by atoms with Crippen LogP contribution in [0.15, 0.2) is 36.1 Å². The summed E-state index contributed by atoms with van der Waals surface area (Å²) in [7, 11) is 1.41. The van der Waals surface area contributed by atoms with Crippen molar-refractivity contribution in [3.63, 3.8) is 0 Å². The zero-order chi connectivity index (χ0) is 39.0. The fraction of sp³-hybridized carbons (Fsp3) is 0.474. The smallest absolute Gasteiger partial charge is 0.312 e. The van der Waals surface area contributed by atoms with Gasteiger partial charge in [-0.3, -0.25) is 19.2 Å². The number of carbonyl (C=O) groups is 4. The number of aliphatic hydroxyl groups is 2. The first-order chi connectivity index (χ1) is 24.3. The van der Waals surface area contributed by atoms with Crippen LogP contribution in [-0.4, -0.2) is 86.8 Å². The Bertz CT molecular complexity index is 1860. The molecule has 9 atom stereocenters. The third-order valence-corrected chi connectivity index (χ3v) is 10.2. The highest BCUT2D eigenvalue weighted by Crippen LogP contribution is 2.55. The number of hydrogen-bond donors (Lipinski definition) is 6. The molecule has 3 aliphatic rings. The van der Waals surface area contributed by atoms with E-state index in [-0.39, 0.29) is 28.7 Å². The van der Waals surface area contributed by atoms with E-state index in [1.165, 1.54) is 53.0 Å². The average molecular weight is 726 g/mol. The molecule has 0 fully saturated rings. The van der Waals surface area contributed by atoms with Gasteiger partial charge in [-0.15, -0.1) is 0 Å². The number of fused-ring (bicyclic) bond motifs is 14. The van der Waals surface area contributed by atoms with Crippen molar-refractivity contribution in [1.82, 2.24) is 0 Å². The van der Waals surface area contributed by atoms with Crippen LogP contribution in [0.3, 0.4) is 0 Å². The minimum Gasteiger partial charge on any atom is -0.507 e. The number of aliphatic hydroxyl groups excluding tert-OH is 2. The van der Waals surface area contributed by atoms with Crippen LogP contribution in [0.5, 0.6) is 23.0 Å². The lowest BCUT2D eigenvalue weighted by Gasteiger charge is -2.38. The van der Waals surface area contributed by atoms with Crippen molar-refractivity contribution in [2.75, 3.05) is 12.4 Å². The Balaban J connectivity index is 1.93. The summed E-state index contributed by atoms with van der Waals surface area (Å²) in [6.45, 7) is 12.2. The molecule has 0 radical (unpaired) electrons. The maximum Gasteiger partial charge on any atom is 0.312 e. The molecule has 52 heavy (non-hydrogen) atoms. The molecule has 0 unspecified atom stereocenters. The predicted octanol–water partition coefficient (Wildman–Crippen LogP) is 4.57. The van der Waals surface area contributed by atoms with Gasteiger partial charge >= 0.3 is 11.8 Å². The van der Waals surface area contributed by atoms with Crippen LogP contribution in [0.1, 0.15) is 74.7 Å². The Morgan fingerprint density at radius 3 is 2.19 bits per heavy atom. The van der Waals surface area contributed by atoms with Crippen molar-refractivity contribution in [2.45, 2.75) is 85.6 Å². The summed E-state index contributed by atoms with van der Waals surface area (Å²) in [4.78, 5) is 51.8. The first kappa shape index (κ1) is 39.9. The second-order valence-electron chi connectivity index (χ2n) is 13.7. The predicted molar refractivity (Wildman–Crippen MR) is 189 cm³/mol. The van der Waals surface area contributed by atoms with Crippen molar-refractivity contribution in [1.29, 1.82) is 0 Å². The Morgan fingerprint density at radius 1 is 0.942 bits per heavy atom. The molecule has 0 saturated carbocycles. The van der Waals surface area contributed by atoms with Gasteiger partial charge in [-0.05, 0) is 19.9 Å². The van der Waals surface area contributed by atoms with Crippen LogP contribution in [0, 0.1) is 30.6 Å². The summed E-state index contributed by atoms with van der Waals surface area (Å²) in [5, 5.41) is 58.2. The second kappa shape index (κ2) is 15.4. The number of hydrogen-bond acceptors (Lipinski definition) is 13. The van der Waals surface area contributed by atoms with E-state index < -0.39 is 111 Å². The maximum atomic E-state index is 14.0. The molecular weight excluding hydrogens is 678 g/mol. The lowest BCUT2D eigenvalue weighted by atomic mass is 9.78. The molecule has 0 aromatic heterocycles. The highest BCUT2D eigenvalue weighted by Gasteiger charge is 2.50. The lowest BCUT2D eigenvalue weighted by Crippen LogP contribution is -2.46. The van der Waals surface area contributed by atoms with Gasteiger partial charge in [0.25, 0.3) is 11.7 Å². The monoisotopic (exact) mass is 725 g/mol. The third kappa shape index (κ3) is 7.10. The molecule has 0 aliphatic carbocycles. The number of allylic oxidation sites excluding steroid dienone is 2. The number of benzene rings is 2. The van der Waals surface area contributed by atoms with Crippen molar-refractivity contribution in [3.05, 3.63) is 52.8 Å². The number of amides is 1. The number of ketones is 1. The van der Waals surface area contributed by atoms with Crippen LogP contribution < -0.4 is 10.1 Å². The normalized spacial score (nSPS) is 30.1. The molecule has 5 bridgehead atoms. The number of esters is 1. The fourth-order valence-corrected chi connectivity index (χ4v) is 6.86. The number of phenolic OH excluding ortho intramolecular Hbond substituents is 3. The molecule has 0 spiro atoms. The Morgan fingerprint density at radius 2 is 1.60 bits per heavy atom. The van der Waals surface area contributed by atoms with Crippen LogP contribution in [0.2, 0.25) is 0 Å². The number of methoxy groups -OCH3 is 1. The van der Waals surface area contributed by atoms with Gasteiger partial charge in [0.05, 0.1) is 46.8 Å². The Kier molecular flexibility index (Phi) is 11.8. The SMILES string of the molecule is CO[C@H]1C=CO[C@@]2(C)Oc3c(C)c(O)c4c(O)c(c(C=O)c(O)c4c3C2=O)NC(=O)C(C)=CC=C[C@H](C)[C@H](O)[C@@H](C)[C@@H](O)[C@@H](C)[C@H](OC(C)=O)[C@H]1C. The van der Waals surface area contributed by atoms with Crippen LogP contribution in [0.4, 0.5) is 5.69 Å². The van der Waals surface area contributed by atoms with Crippen LogP contribution >= 0.6 is 0 Å². The standard InChI is InChI=1S/C38H47NO13/c1-16-11-10-12-17(2)37(48)39-28-23(15-40)32(45)25-26(33(28)46)31(44)21(6)35-27(25)36(47)38(8,52-35)50-14-13-24(49-9)18(3)34(51-22(7)41)20(5)30(43)19(4)29(16)42/h10-16,18-20,24,29-30,34,42-46H,1-9H3,(H,39,48)/t16-,18-,19+,20+,24-,29-,30+,34+,38-/m0/s1. The van der Waals surface area contributed by atoms with Gasteiger partial charge < -0.3 is 49.8 Å². The van der Waals surface area contributed by atoms with E-state index in [0.29, 0.717) is 0 Å². The van der Waals surface area contributed by atoms with Crippen molar-refractivity contribution >= 4 is 40.4 Å². The highest BCUT2D eigenvalue weighted by atomic mass is 16.7. The molecule has 6 N–H and O–H groups in total. The van der Waals surface area contributed by atoms with Gasteiger partial charge in [-0.25, -0.2) is 0 Å². The fourth-order valence-electron chi connectivity index (χ4n) is 6.86. The quantitative estimate of drug-likeness (QED) is 0.111. The highest BCUT2D eigenvalue weighted by molar-refractivity contribution is 6.23. The number of aromatic hydroxyl groups is 3. The number of aldehydes is 1. The van der Waals surface area contributed by atoms with E-state index >= 15 is 0 Å². The van der Waals surface area contributed by atoms with Gasteiger partial charge in [0, 0.05) is 61.2 Å². The summed E-state index contributed by atoms with van der Waals surface area (Å²) < 4.78 is 23.1. The first-order valence-corrected chi connectivity index (χ1v) is 16.9. The molecule has 2 aromatic rings. The number of Topliss-reactive ketones (excluding diaryl/α,β-unsaturated/α-hetero) is 1. The van der Waals surface area contributed by atoms with E-state index in [1.807, 2.05) is 0 Å². The summed E-state index contributed by atoms with van der Waals surface area (Å²) in [5.74, 6) is -9.19. The third-order valence-electron chi connectivity index (χ3n) is 10.2. The first-order valence-electron chi connectivity index (χ1n) is 16.9. The van der Waals surface area contributed by atoms with E-state index in [1.54, 1.807) is 33.8 Å². The van der Waals surface area contributed by atoms with E-state index in [4.69, 9.17) is 18.9 Å². The average Bonchev–Trinajstić information content (AvgIpc) is 3.36. The van der Waals surface area contributed by atoms with Crippen molar-refractivity contribution in [3.8, 4) is 23.0 Å². The van der Waals surface area contributed by atoms with E-state index in [9.17, 15) is 44.7 Å². The summed E-state index contributed by atoms with van der Waals surface area (Å²) >= 11 is 0. The number of anilines is 1. The van der Waals surface area contributed by atoms with Gasteiger partial charge in [-0.2, -0.15) is 0 Å². The minimum atomic E-state index is -2.08. The molecular formula is C38H47NO13. The summed E-state index contributed by atoms with van der Waals surface area (Å²) in [5.41, 5.74) is -1.27. The molecule has 14 nitrogen and oxygen atoms in total. The number of nitrogens with one attached hydrogen (secondary N) is 1. The van der Waals surface area contributed by atoms with Gasteiger partial charge in [0.2, 0.25) is 0 Å². The van der Waals surface area contributed by atoms with E-state index in [2.05, 4.69) is 5.32 Å². The number of carbonyl (C=O) groups excluding carboxylic acids is 4. The van der Waals surface area contributed by atoms with Gasteiger partial charge in [0.15, 0.2) is 12.0 Å². The molecule has 0 saturated heterocycles. The largest absolute Gasteiger partial charge is 0.507 e. The van der Waals surface area contributed by atoms with Gasteiger partial charge in [0.1, 0.15) is 23.4 Å². The second-order valence-corrected chi connectivity index (χ2v) is 13.7. The number of phenols is 3. The summed E-state index contributed by atoms with van der Waals surface area (Å²) in [6, 6.07) is 0. The molecule has 2 aromatic carbocycles. The molecule has 3 aliphatic heterocycles. The Labute approximate surface area is 301 Å². The van der Waals surface area contributed by atoms with Crippen molar-refractivity contribution < 1.29 is 63.7 Å². The number of ether oxygens (including phenoxy) is 4. The molecule has 282 valence electrons. The zero-order valence-electron chi connectivity index (χ0n) is 30.6. The number of rotatable bonds is 3. The lowest BCUT2D eigenvalue weighted by molar-refractivity contribution is -0.160. The minimum absolute atomic E-state index is 0.00425. The van der Waals surface area contributed by atoms with Crippen LogP contribution in [0.25, 0.3) is 10.8 Å². The molecule has 1 amide bonds. The molecule has 14 heteroatoms. The van der Waals surface area contributed by atoms with Gasteiger partial charge in [-0.1, -0.05) is 45.9 Å². The van der Waals surface area contributed by atoms with Crippen molar-refractivity contribution in [2.24, 2.45) is 23.7 Å². The molecule has 3 heterocycles. The Hall–Kier alpha value is -4.92.